The van der Waals surface area contributed by atoms with Crippen molar-refractivity contribution in [3.8, 4) is 0 Å². The molecule has 488 valence electrons. The Kier molecular flexibility index (Phi) is 63.3. The third-order valence-corrected chi connectivity index (χ3v) is 17.4. The van der Waals surface area contributed by atoms with Crippen molar-refractivity contribution in [3.05, 3.63) is 60.8 Å². The number of rotatable bonds is 67. The Labute approximate surface area is 517 Å². The van der Waals surface area contributed by atoms with Gasteiger partial charge in [-0.1, -0.05) is 331 Å². The van der Waals surface area contributed by atoms with Crippen LogP contribution in [0.4, 0.5) is 0 Å². The van der Waals surface area contributed by atoms with Gasteiger partial charge in [0.1, 0.15) is 13.2 Å². The van der Waals surface area contributed by atoms with Crippen molar-refractivity contribution in [2.45, 2.75) is 366 Å². The van der Waals surface area contributed by atoms with Crippen molar-refractivity contribution < 1.29 is 32.9 Å². The molecule has 0 fully saturated rings. The molecular formula is C74H141N2O6P. The minimum atomic E-state index is -4.62. The Morgan fingerprint density at radius 3 is 1.05 bits per heavy atom. The molecule has 8 nitrogen and oxygen atoms in total. The van der Waals surface area contributed by atoms with Crippen molar-refractivity contribution in [2.75, 3.05) is 40.9 Å². The Morgan fingerprint density at radius 2 is 0.711 bits per heavy atom. The second kappa shape index (κ2) is 64.7. The Balaban J connectivity index is 4.08. The van der Waals surface area contributed by atoms with E-state index in [9.17, 15) is 19.4 Å². The summed E-state index contributed by atoms with van der Waals surface area (Å²) in [6, 6.07) is -0.912. The van der Waals surface area contributed by atoms with E-state index in [1.807, 2.05) is 27.2 Å². The lowest BCUT2D eigenvalue weighted by Crippen LogP contribution is -2.45. The Bertz CT molecular complexity index is 1540. The Hall–Kier alpha value is -1.80. The average Bonchev–Trinajstić information content (AvgIpc) is 3.49. The van der Waals surface area contributed by atoms with Gasteiger partial charge in [0.25, 0.3) is 7.82 Å². The number of allylic oxidation sites excluding steroid dienone is 9. The number of carbonyl (C=O) groups is 1. The maximum Gasteiger partial charge on any atom is 0.268 e. The molecule has 2 N–H and O–H groups in total. The highest BCUT2D eigenvalue weighted by molar-refractivity contribution is 7.45. The molecule has 0 spiro atoms. The number of hydrogen-bond donors (Lipinski definition) is 2. The van der Waals surface area contributed by atoms with Crippen LogP contribution in [0.5, 0.6) is 0 Å². The molecule has 3 unspecified atom stereocenters. The average molecular weight is 1190 g/mol. The number of carbonyl (C=O) groups excluding carboxylic acids is 1. The maximum atomic E-state index is 13.0. The molecule has 3 atom stereocenters. The van der Waals surface area contributed by atoms with Crippen LogP contribution in [0.25, 0.3) is 0 Å². The van der Waals surface area contributed by atoms with Crippen LogP contribution in [-0.4, -0.2) is 68.5 Å². The van der Waals surface area contributed by atoms with E-state index in [1.54, 1.807) is 6.08 Å². The summed E-state index contributed by atoms with van der Waals surface area (Å²) in [6.45, 7) is 4.66. The summed E-state index contributed by atoms with van der Waals surface area (Å²) in [6.07, 6.45) is 89.3. The predicted molar refractivity (Wildman–Crippen MR) is 362 cm³/mol. The molecule has 0 heterocycles. The van der Waals surface area contributed by atoms with Gasteiger partial charge < -0.3 is 28.8 Å². The van der Waals surface area contributed by atoms with Crippen molar-refractivity contribution >= 4 is 13.7 Å². The van der Waals surface area contributed by atoms with E-state index in [0.717, 1.165) is 51.4 Å². The molecule has 0 aromatic heterocycles. The van der Waals surface area contributed by atoms with Gasteiger partial charge in [0, 0.05) is 6.42 Å². The molecule has 0 saturated heterocycles. The van der Waals surface area contributed by atoms with Crippen LogP contribution in [0.2, 0.25) is 0 Å². The largest absolute Gasteiger partial charge is 0.756 e. The zero-order chi connectivity index (χ0) is 60.5. The van der Waals surface area contributed by atoms with Gasteiger partial charge in [-0.3, -0.25) is 9.36 Å². The first-order valence-electron chi connectivity index (χ1n) is 36.2. The van der Waals surface area contributed by atoms with Gasteiger partial charge >= 0.3 is 0 Å². The molecular weight excluding hydrogens is 1040 g/mol. The van der Waals surface area contributed by atoms with Gasteiger partial charge in [-0.2, -0.15) is 0 Å². The van der Waals surface area contributed by atoms with Crippen LogP contribution in [0.15, 0.2) is 60.8 Å². The van der Waals surface area contributed by atoms with Gasteiger partial charge in [0.15, 0.2) is 0 Å². The molecule has 0 aromatic rings. The highest BCUT2D eigenvalue weighted by atomic mass is 31.2. The van der Waals surface area contributed by atoms with E-state index in [4.69, 9.17) is 9.05 Å². The lowest BCUT2D eigenvalue weighted by Gasteiger charge is -2.29. The van der Waals surface area contributed by atoms with Crippen molar-refractivity contribution in [3.63, 3.8) is 0 Å². The molecule has 0 rings (SSSR count). The molecule has 0 radical (unpaired) electrons. The van der Waals surface area contributed by atoms with Crippen LogP contribution >= 0.6 is 7.82 Å². The summed E-state index contributed by atoms with van der Waals surface area (Å²) in [7, 11) is 1.25. The summed E-state index contributed by atoms with van der Waals surface area (Å²) in [5, 5.41) is 13.9. The minimum Gasteiger partial charge on any atom is -0.756 e. The summed E-state index contributed by atoms with van der Waals surface area (Å²) < 4.78 is 23.4. The van der Waals surface area contributed by atoms with Gasteiger partial charge in [0.2, 0.25) is 5.91 Å². The second-order valence-corrected chi connectivity index (χ2v) is 27.3. The first-order chi connectivity index (χ1) is 40.5. The lowest BCUT2D eigenvalue weighted by molar-refractivity contribution is -0.870. The number of aliphatic hydroxyl groups excluding tert-OH is 1. The van der Waals surface area contributed by atoms with Gasteiger partial charge in [0.05, 0.1) is 39.9 Å². The first kappa shape index (κ1) is 81.2. The summed E-state index contributed by atoms with van der Waals surface area (Å²) in [4.78, 5) is 25.6. The number of unbranched alkanes of at least 4 members (excludes halogenated alkanes) is 46. The molecule has 0 aromatic carbocycles. The quantitative estimate of drug-likeness (QED) is 0.0272. The first-order valence-corrected chi connectivity index (χ1v) is 37.6. The van der Waals surface area contributed by atoms with Crippen molar-refractivity contribution in [1.82, 2.24) is 5.32 Å². The smallest absolute Gasteiger partial charge is 0.268 e. The van der Waals surface area contributed by atoms with Crippen LogP contribution in [0.1, 0.15) is 354 Å². The monoisotopic (exact) mass is 1190 g/mol. The summed E-state index contributed by atoms with van der Waals surface area (Å²) in [5.74, 6) is -0.206. The molecule has 0 aliphatic carbocycles. The number of phosphoric acid groups is 1. The number of nitrogens with one attached hydrogen (secondary N) is 1. The second-order valence-electron chi connectivity index (χ2n) is 25.9. The van der Waals surface area contributed by atoms with E-state index < -0.39 is 26.6 Å². The maximum absolute atomic E-state index is 13.0. The third-order valence-electron chi connectivity index (χ3n) is 16.4. The topological polar surface area (TPSA) is 108 Å². The zero-order valence-electron chi connectivity index (χ0n) is 55.9. The predicted octanol–water partition coefficient (Wildman–Crippen LogP) is 22.5. The van der Waals surface area contributed by atoms with E-state index in [-0.39, 0.29) is 12.5 Å². The standard InChI is InChI=1S/C74H141N2O6P/c1-6-8-10-12-14-16-18-20-22-24-26-28-30-32-34-36-37-38-39-40-42-44-46-48-50-52-54-56-58-60-62-64-66-68-74(78)75-72(71-82-83(79,80)81-70-69-76(3,4)5)73(77)67-65-63-61-59-57-55-53-51-49-47-45-43-41-35-33-31-29-27-25-23-21-19-17-15-13-11-9-7-2/h18,20,24,26,49,51,57,59,65,67,72-73,77H,6-17,19,21-23,25,27-48,50,52-56,58,60-64,66,68-71H2,1-5H3,(H-,75,78,79,80)/b20-18-,26-24-,51-49+,59-57+,67-65+. The molecule has 0 bridgehead atoms. The van der Waals surface area contributed by atoms with E-state index in [2.05, 4.69) is 67.8 Å². The number of aliphatic hydroxyl groups is 1. The van der Waals surface area contributed by atoms with Crippen LogP contribution in [-0.2, 0) is 18.4 Å². The van der Waals surface area contributed by atoms with Gasteiger partial charge in [-0.05, 0) is 77.0 Å². The number of hydrogen-bond acceptors (Lipinski definition) is 6. The number of phosphoric ester groups is 1. The van der Waals surface area contributed by atoms with Crippen LogP contribution in [0, 0.1) is 0 Å². The summed E-state index contributed by atoms with van der Waals surface area (Å²) >= 11 is 0. The molecule has 9 heteroatoms. The molecule has 0 aliphatic rings. The molecule has 83 heavy (non-hydrogen) atoms. The molecule has 0 aliphatic heterocycles. The fourth-order valence-electron chi connectivity index (χ4n) is 10.8. The fourth-order valence-corrected chi connectivity index (χ4v) is 11.5. The number of quaternary nitrogens is 1. The van der Waals surface area contributed by atoms with E-state index in [0.29, 0.717) is 17.4 Å². The third kappa shape index (κ3) is 67.6. The van der Waals surface area contributed by atoms with Crippen LogP contribution < -0.4 is 10.2 Å². The number of nitrogens with zero attached hydrogens (tertiary/aromatic N) is 1. The minimum absolute atomic E-state index is 0.00876. The van der Waals surface area contributed by atoms with Gasteiger partial charge in [-0.15, -0.1) is 0 Å². The van der Waals surface area contributed by atoms with Gasteiger partial charge in [-0.25, -0.2) is 0 Å². The van der Waals surface area contributed by atoms with Crippen molar-refractivity contribution in [2.24, 2.45) is 0 Å². The number of likely N-dealkylation sites (N-methyl/N-ethyl adjacent to an activating group) is 1. The zero-order valence-corrected chi connectivity index (χ0v) is 56.8. The lowest BCUT2D eigenvalue weighted by atomic mass is 10.0. The Morgan fingerprint density at radius 1 is 0.422 bits per heavy atom. The van der Waals surface area contributed by atoms with E-state index in [1.165, 1.54) is 283 Å². The summed E-state index contributed by atoms with van der Waals surface area (Å²) in [5.41, 5.74) is 0. The van der Waals surface area contributed by atoms with E-state index >= 15 is 0 Å². The normalized spacial score (nSPS) is 14.0. The highest BCUT2D eigenvalue weighted by Crippen LogP contribution is 2.38. The highest BCUT2D eigenvalue weighted by Gasteiger charge is 2.23. The molecule has 1 amide bonds. The SMILES string of the molecule is CCCCCCC/C=C\C/C=C\CCCCCCCCCCCCCCCCCCCCCCCC(=O)NC(COP(=O)([O-])OCC[N+](C)(C)C)C(O)/C=C/CC/C=C/CC/C=C/CCCCCCCCCCCCCCCCCCCC. The van der Waals surface area contributed by atoms with Crippen LogP contribution in [0.3, 0.4) is 0 Å². The number of amides is 1. The fraction of sp³-hybridized carbons (Fsp3) is 0.851. The van der Waals surface area contributed by atoms with Crippen molar-refractivity contribution in [1.29, 1.82) is 0 Å². The molecule has 0 saturated carbocycles.